The van der Waals surface area contributed by atoms with Gasteiger partial charge in [-0.05, 0) is 12.1 Å². The molecule has 0 fully saturated rings. The summed E-state index contributed by atoms with van der Waals surface area (Å²) in [7, 11) is 7.13. The number of hydrogen-bond donors (Lipinski definition) is 0. The number of benzene rings is 1. The van der Waals surface area contributed by atoms with Crippen molar-refractivity contribution in [3.8, 4) is 17.2 Å². The number of hydrogen-bond acceptors (Lipinski definition) is 7. The average Bonchev–Trinajstić information content (AvgIpc) is 2.66. The summed E-state index contributed by atoms with van der Waals surface area (Å²) in [4.78, 5) is 36.1. The third-order valence-electron chi connectivity index (χ3n) is 3.90. The third kappa shape index (κ3) is 3.41. The third-order valence-corrected chi connectivity index (χ3v) is 3.90. The van der Waals surface area contributed by atoms with Crippen molar-refractivity contribution in [2.75, 3.05) is 21.3 Å². The molecule has 1 aromatic heterocycles. The predicted octanol–water partition coefficient (Wildman–Crippen LogP) is 0.467. The van der Waals surface area contributed by atoms with E-state index in [1.54, 1.807) is 6.07 Å². The number of rotatable bonds is 6. The zero-order valence-electron chi connectivity index (χ0n) is 15.2. The summed E-state index contributed by atoms with van der Waals surface area (Å²) < 4.78 is 23.1. The molecule has 0 N–H and O–H groups in total. The summed E-state index contributed by atoms with van der Waals surface area (Å²) in [5, 5.41) is 0. The van der Waals surface area contributed by atoms with Crippen molar-refractivity contribution in [3.05, 3.63) is 50.3 Å². The predicted molar refractivity (Wildman–Crippen MR) is 92.1 cm³/mol. The molecule has 1 aromatic carbocycles. The second kappa shape index (κ2) is 7.77. The zero-order chi connectivity index (χ0) is 19.4. The van der Waals surface area contributed by atoms with E-state index in [0.717, 1.165) is 4.57 Å². The lowest BCUT2D eigenvalue weighted by Gasteiger charge is -2.15. The van der Waals surface area contributed by atoms with Crippen LogP contribution in [0.25, 0.3) is 0 Å². The van der Waals surface area contributed by atoms with Crippen molar-refractivity contribution in [2.24, 2.45) is 14.1 Å². The van der Waals surface area contributed by atoms with E-state index in [-0.39, 0.29) is 29.4 Å². The molecule has 0 aliphatic rings. The van der Waals surface area contributed by atoms with Crippen molar-refractivity contribution in [1.29, 1.82) is 0 Å². The van der Waals surface area contributed by atoms with Gasteiger partial charge in [-0.2, -0.15) is 0 Å². The van der Waals surface area contributed by atoms with Crippen LogP contribution >= 0.6 is 0 Å². The summed E-state index contributed by atoms with van der Waals surface area (Å²) in [5.41, 5.74) is -0.597. The maximum absolute atomic E-state index is 12.4. The number of esters is 1. The van der Waals surface area contributed by atoms with E-state index in [2.05, 4.69) is 0 Å². The molecule has 0 aliphatic carbocycles. The summed E-state index contributed by atoms with van der Waals surface area (Å²) >= 11 is 0. The molecule has 0 unspecified atom stereocenters. The van der Waals surface area contributed by atoms with Gasteiger partial charge in [-0.3, -0.25) is 13.9 Å². The summed E-state index contributed by atoms with van der Waals surface area (Å²) in [5.74, 6) is 0.117. The minimum atomic E-state index is -0.698. The van der Waals surface area contributed by atoms with Crippen molar-refractivity contribution in [2.45, 2.75) is 6.61 Å². The van der Waals surface area contributed by atoms with E-state index in [0.29, 0.717) is 5.75 Å². The van der Waals surface area contributed by atoms with Gasteiger partial charge in [0.1, 0.15) is 12.2 Å². The van der Waals surface area contributed by atoms with Gasteiger partial charge < -0.3 is 18.9 Å². The molecule has 1 heterocycles. The Bertz CT molecular complexity index is 943. The molecular formula is C17H20N2O7. The van der Waals surface area contributed by atoms with Crippen LogP contribution < -0.4 is 25.5 Å². The largest absolute Gasteiger partial charge is 0.493 e. The van der Waals surface area contributed by atoms with Crippen LogP contribution in [0.4, 0.5) is 0 Å². The number of aromatic nitrogens is 2. The Labute approximate surface area is 149 Å². The van der Waals surface area contributed by atoms with Gasteiger partial charge in [0.15, 0.2) is 11.5 Å². The maximum Gasteiger partial charge on any atom is 0.342 e. The lowest BCUT2D eigenvalue weighted by Crippen LogP contribution is -2.38. The standard InChI is InChI=1S/C17H20N2O7/c1-18-10(8-13(20)19(2)17(18)22)9-26-16(21)11-6-7-12(23-3)15(25-5)14(11)24-4/h6-8H,9H2,1-5H3. The van der Waals surface area contributed by atoms with Gasteiger partial charge >= 0.3 is 11.7 Å². The average molecular weight is 364 g/mol. The first-order valence-electron chi connectivity index (χ1n) is 7.57. The van der Waals surface area contributed by atoms with Crippen molar-refractivity contribution in [1.82, 2.24) is 9.13 Å². The maximum atomic E-state index is 12.4. The van der Waals surface area contributed by atoms with E-state index in [1.165, 1.54) is 52.1 Å². The van der Waals surface area contributed by atoms with Crippen molar-refractivity contribution in [3.63, 3.8) is 0 Å². The van der Waals surface area contributed by atoms with E-state index < -0.39 is 17.2 Å². The lowest BCUT2D eigenvalue weighted by atomic mass is 10.1. The molecule has 0 atom stereocenters. The normalized spacial score (nSPS) is 10.3. The number of nitrogens with zero attached hydrogens (tertiary/aromatic N) is 2. The minimum absolute atomic E-state index is 0.124. The van der Waals surface area contributed by atoms with Crippen LogP contribution in [-0.4, -0.2) is 36.4 Å². The first-order valence-corrected chi connectivity index (χ1v) is 7.57. The highest BCUT2D eigenvalue weighted by Crippen LogP contribution is 2.39. The highest BCUT2D eigenvalue weighted by molar-refractivity contribution is 5.94. The zero-order valence-corrected chi connectivity index (χ0v) is 15.2. The van der Waals surface area contributed by atoms with Gasteiger partial charge in [-0.1, -0.05) is 0 Å². The highest BCUT2D eigenvalue weighted by Gasteiger charge is 2.22. The monoisotopic (exact) mass is 364 g/mol. The molecule has 26 heavy (non-hydrogen) atoms. The SMILES string of the molecule is COc1ccc(C(=O)OCc2cc(=O)n(C)c(=O)n2C)c(OC)c1OC. The van der Waals surface area contributed by atoms with Gasteiger partial charge in [0.05, 0.1) is 27.0 Å². The molecule has 0 spiro atoms. The summed E-state index contributed by atoms with van der Waals surface area (Å²) in [6.07, 6.45) is 0. The molecule has 140 valence electrons. The molecule has 2 rings (SSSR count). The molecule has 0 radical (unpaired) electrons. The number of carbonyl (C=O) groups excluding carboxylic acids is 1. The summed E-state index contributed by atoms with van der Waals surface area (Å²) in [6.45, 7) is -0.252. The fourth-order valence-electron chi connectivity index (χ4n) is 2.40. The second-order valence-electron chi connectivity index (χ2n) is 5.33. The van der Waals surface area contributed by atoms with Gasteiger partial charge in [0.2, 0.25) is 5.75 Å². The first-order chi connectivity index (χ1) is 12.3. The Morgan fingerprint density at radius 2 is 1.62 bits per heavy atom. The van der Waals surface area contributed by atoms with Gasteiger partial charge in [-0.15, -0.1) is 0 Å². The van der Waals surface area contributed by atoms with E-state index in [9.17, 15) is 14.4 Å². The van der Waals surface area contributed by atoms with Gasteiger partial charge in [0, 0.05) is 20.2 Å². The topological polar surface area (TPSA) is 98.0 Å². The molecule has 0 saturated heterocycles. The smallest absolute Gasteiger partial charge is 0.342 e. The minimum Gasteiger partial charge on any atom is -0.493 e. The molecule has 0 bridgehead atoms. The Morgan fingerprint density at radius 1 is 0.962 bits per heavy atom. The fourth-order valence-corrected chi connectivity index (χ4v) is 2.40. The molecule has 0 aliphatic heterocycles. The number of carbonyl (C=O) groups is 1. The van der Waals surface area contributed by atoms with Gasteiger partial charge in [0.25, 0.3) is 5.56 Å². The van der Waals surface area contributed by atoms with E-state index in [1.807, 2.05) is 0 Å². The summed E-state index contributed by atoms with van der Waals surface area (Å²) in [6, 6.07) is 4.26. The second-order valence-corrected chi connectivity index (χ2v) is 5.33. The van der Waals surface area contributed by atoms with E-state index in [4.69, 9.17) is 18.9 Å². The molecular weight excluding hydrogens is 344 g/mol. The van der Waals surface area contributed by atoms with Gasteiger partial charge in [-0.25, -0.2) is 9.59 Å². The van der Waals surface area contributed by atoms with Crippen molar-refractivity contribution < 1.29 is 23.7 Å². The molecule has 9 nitrogen and oxygen atoms in total. The fraction of sp³-hybridized carbons (Fsp3) is 0.353. The van der Waals surface area contributed by atoms with Crippen LogP contribution in [0, 0.1) is 0 Å². The Balaban J connectivity index is 2.32. The van der Waals surface area contributed by atoms with Crippen LogP contribution in [0.1, 0.15) is 16.1 Å². The van der Waals surface area contributed by atoms with Crippen LogP contribution in [0.2, 0.25) is 0 Å². The number of ether oxygens (including phenoxy) is 4. The van der Waals surface area contributed by atoms with Crippen molar-refractivity contribution >= 4 is 5.97 Å². The molecule has 0 saturated carbocycles. The number of methoxy groups -OCH3 is 3. The lowest BCUT2D eigenvalue weighted by molar-refractivity contribution is 0.0458. The van der Waals surface area contributed by atoms with Crippen LogP contribution in [0.15, 0.2) is 27.8 Å². The Hall–Kier alpha value is -3.23. The Kier molecular flexibility index (Phi) is 5.71. The van der Waals surface area contributed by atoms with Crippen LogP contribution in [-0.2, 0) is 25.4 Å². The molecule has 2 aromatic rings. The first kappa shape index (κ1) is 19.1. The molecule has 0 amide bonds. The van der Waals surface area contributed by atoms with Crippen LogP contribution in [0.3, 0.4) is 0 Å². The van der Waals surface area contributed by atoms with E-state index >= 15 is 0 Å². The quantitative estimate of drug-likeness (QED) is 0.687. The Morgan fingerprint density at radius 3 is 2.19 bits per heavy atom. The molecule has 9 heteroatoms. The van der Waals surface area contributed by atoms with Crippen LogP contribution in [0.5, 0.6) is 17.2 Å². The highest BCUT2D eigenvalue weighted by atomic mass is 16.5.